The molecule has 7 nitrogen and oxygen atoms in total. The van der Waals surface area contributed by atoms with Crippen LogP contribution in [0, 0.1) is 11.3 Å². The molecule has 0 aliphatic carbocycles. The Labute approximate surface area is 93.3 Å². The maximum absolute atomic E-state index is 11.5. The molecule has 0 bridgehead atoms. The van der Waals surface area contributed by atoms with Gasteiger partial charge in [-0.2, -0.15) is 5.26 Å². The average Bonchev–Trinajstić information content (AvgIpc) is 2.24. The first-order chi connectivity index (χ1) is 7.43. The van der Waals surface area contributed by atoms with Crippen LogP contribution in [-0.4, -0.2) is 52.9 Å². The van der Waals surface area contributed by atoms with Crippen LogP contribution in [0.2, 0.25) is 0 Å². The fraction of sp³-hybridized carbons (Fsp3) is 0.667. The molecule has 0 aliphatic rings. The van der Waals surface area contributed by atoms with Gasteiger partial charge in [0.05, 0.1) is 19.1 Å². The third-order valence-corrected chi connectivity index (χ3v) is 2.15. The van der Waals surface area contributed by atoms with Crippen LogP contribution < -0.4 is 5.32 Å². The van der Waals surface area contributed by atoms with Gasteiger partial charge >= 0.3 is 12.0 Å². The molecule has 7 heteroatoms. The SMILES string of the molecule is CC(CC#N)N(C)C(=O)N[C@H](CO)C(=O)O. The molecule has 16 heavy (non-hydrogen) atoms. The summed E-state index contributed by atoms with van der Waals surface area (Å²) >= 11 is 0. The molecule has 0 saturated heterocycles. The quantitative estimate of drug-likeness (QED) is 0.581. The average molecular weight is 229 g/mol. The van der Waals surface area contributed by atoms with E-state index in [0.717, 1.165) is 0 Å². The van der Waals surface area contributed by atoms with E-state index < -0.39 is 24.6 Å². The van der Waals surface area contributed by atoms with Crippen molar-refractivity contribution in [1.82, 2.24) is 10.2 Å². The predicted molar refractivity (Wildman–Crippen MR) is 54.5 cm³/mol. The van der Waals surface area contributed by atoms with Gasteiger partial charge in [-0.1, -0.05) is 0 Å². The zero-order chi connectivity index (χ0) is 12.7. The minimum atomic E-state index is -1.33. The molecule has 0 rings (SSSR count). The van der Waals surface area contributed by atoms with Gasteiger partial charge < -0.3 is 20.4 Å². The van der Waals surface area contributed by atoms with Crippen molar-refractivity contribution in [2.24, 2.45) is 0 Å². The Morgan fingerprint density at radius 2 is 2.12 bits per heavy atom. The Morgan fingerprint density at radius 1 is 1.56 bits per heavy atom. The van der Waals surface area contributed by atoms with E-state index in [1.807, 2.05) is 6.07 Å². The number of carboxylic acids is 1. The molecule has 90 valence electrons. The molecule has 0 heterocycles. The van der Waals surface area contributed by atoms with E-state index in [2.05, 4.69) is 5.32 Å². The highest BCUT2D eigenvalue weighted by Gasteiger charge is 2.22. The lowest BCUT2D eigenvalue weighted by Crippen LogP contribution is -2.50. The van der Waals surface area contributed by atoms with Crippen molar-refractivity contribution >= 4 is 12.0 Å². The van der Waals surface area contributed by atoms with E-state index >= 15 is 0 Å². The van der Waals surface area contributed by atoms with Crippen molar-refractivity contribution in [3.8, 4) is 6.07 Å². The van der Waals surface area contributed by atoms with Gasteiger partial charge in [0.2, 0.25) is 0 Å². The summed E-state index contributed by atoms with van der Waals surface area (Å²) < 4.78 is 0. The van der Waals surface area contributed by atoms with Gasteiger partial charge in [0.1, 0.15) is 0 Å². The number of carbonyl (C=O) groups excluding carboxylic acids is 1. The Kier molecular flexibility index (Phi) is 5.88. The van der Waals surface area contributed by atoms with E-state index in [1.165, 1.54) is 11.9 Å². The molecule has 0 aliphatic heterocycles. The third kappa shape index (κ3) is 4.14. The Hall–Kier alpha value is -1.81. The molecule has 3 N–H and O–H groups in total. The molecular weight excluding hydrogens is 214 g/mol. The lowest BCUT2D eigenvalue weighted by atomic mass is 10.2. The van der Waals surface area contributed by atoms with Crippen molar-refractivity contribution in [2.75, 3.05) is 13.7 Å². The Bertz CT molecular complexity index is 300. The van der Waals surface area contributed by atoms with E-state index in [9.17, 15) is 9.59 Å². The number of hydrogen-bond donors (Lipinski definition) is 3. The molecule has 0 aromatic carbocycles. The fourth-order valence-electron chi connectivity index (χ4n) is 0.906. The topological polar surface area (TPSA) is 114 Å². The molecule has 0 saturated carbocycles. The van der Waals surface area contributed by atoms with Gasteiger partial charge in [0.15, 0.2) is 6.04 Å². The van der Waals surface area contributed by atoms with Crippen molar-refractivity contribution in [3.63, 3.8) is 0 Å². The van der Waals surface area contributed by atoms with Gasteiger partial charge in [-0.3, -0.25) is 0 Å². The molecule has 2 amide bonds. The van der Waals surface area contributed by atoms with Crippen LogP contribution in [0.5, 0.6) is 0 Å². The van der Waals surface area contributed by atoms with Crippen LogP contribution in [0.1, 0.15) is 13.3 Å². The second kappa shape index (κ2) is 6.63. The lowest BCUT2D eigenvalue weighted by molar-refractivity contribution is -0.140. The van der Waals surface area contributed by atoms with E-state index in [1.54, 1.807) is 6.92 Å². The normalized spacial score (nSPS) is 13.4. The summed E-state index contributed by atoms with van der Waals surface area (Å²) in [4.78, 5) is 23.2. The molecule has 2 atom stereocenters. The molecule has 1 unspecified atom stereocenters. The third-order valence-electron chi connectivity index (χ3n) is 2.15. The standard InChI is InChI=1S/C9H15N3O4/c1-6(3-4-10)12(2)9(16)11-7(5-13)8(14)15/h6-7,13H,3,5H2,1-2H3,(H,11,16)(H,14,15)/t6?,7-/m1/s1. The molecular formula is C9H15N3O4. The first-order valence-electron chi connectivity index (χ1n) is 4.68. The Morgan fingerprint density at radius 3 is 2.50 bits per heavy atom. The molecule has 0 radical (unpaired) electrons. The van der Waals surface area contributed by atoms with Crippen molar-refractivity contribution in [1.29, 1.82) is 5.26 Å². The fourth-order valence-corrected chi connectivity index (χ4v) is 0.906. The van der Waals surface area contributed by atoms with E-state index in [4.69, 9.17) is 15.5 Å². The van der Waals surface area contributed by atoms with Crippen LogP contribution in [-0.2, 0) is 4.79 Å². The van der Waals surface area contributed by atoms with Crippen LogP contribution in [0.3, 0.4) is 0 Å². The highest BCUT2D eigenvalue weighted by atomic mass is 16.4. The molecule has 0 aromatic heterocycles. The number of rotatable bonds is 5. The molecule has 0 fully saturated rings. The van der Waals surface area contributed by atoms with E-state index in [0.29, 0.717) is 0 Å². The maximum atomic E-state index is 11.5. The summed E-state index contributed by atoms with van der Waals surface area (Å²) in [5, 5.41) is 27.9. The zero-order valence-corrected chi connectivity index (χ0v) is 9.17. The van der Waals surface area contributed by atoms with Gasteiger partial charge in [0, 0.05) is 13.1 Å². The van der Waals surface area contributed by atoms with E-state index in [-0.39, 0.29) is 12.5 Å². The summed E-state index contributed by atoms with van der Waals surface area (Å²) in [6.07, 6.45) is 0.154. The first-order valence-corrected chi connectivity index (χ1v) is 4.68. The van der Waals surface area contributed by atoms with Crippen molar-refractivity contribution in [3.05, 3.63) is 0 Å². The summed E-state index contributed by atoms with van der Waals surface area (Å²) in [7, 11) is 1.45. The molecule has 0 aromatic rings. The smallest absolute Gasteiger partial charge is 0.328 e. The predicted octanol–water partition coefficient (Wildman–Crippen LogP) is -0.625. The Balaban J connectivity index is 4.35. The number of carbonyl (C=O) groups is 2. The second-order valence-electron chi connectivity index (χ2n) is 3.35. The van der Waals surface area contributed by atoms with Crippen molar-refractivity contribution in [2.45, 2.75) is 25.4 Å². The summed E-state index contributed by atoms with van der Waals surface area (Å²) in [5.74, 6) is -1.31. The van der Waals surface area contributed by atoms with Crippen LogP contribution in [0.4, 0.5) is 4.79 Å². The zero-order valence-electron chi connectivity index (χ0n) is 9.17. The number of nitrogens with zero attached hydrogens (tertiary/aromatic N) is 2. The van der Waals surface area contributed by atoms with Crippen LogP contribution in [0.25, 0.3) is 0 Å². The number of hydrogen-bond acceptors (Lipinski definition) is 4. The number of amides is 2. The van der Waals surface area contributed by atoms with Crippen molar-refractivity contribution < 1.29 is 19.8 Å². The van der Waals surface area contributed by atoms with Gasteiger partial charge in [-0.25, -0.2) is 9.59 Å². The lowest BCUT2D eigenvalue weighted by Gasteiger charge is -2.24. The number of nitrogens with one attached hydrogen (secondary N) is 1. The number of carboxylic acid groups (broad SMARTS) is 1. The number of aliphatic carboxylic acids is 1. The van der Waals surface area contributed by atoms with Gasteiger partial charge in [-0.15, -0.1) is 0 Å². The van der Waals surface area contributed by atoms with Crippen LogP contribution in [0.15, 0.2) is 0 Å². The summed E-state index contributed by atoms with van der Waals surface area (Å²) in [6, 6.07) is -0.380. The largest absolute Gasteiger partial charge is 0.480 e. The summed E-state index contributed by atoms with van der Waals surface area (Å²) in [6.45, 7) is 0.985. The minimum Gasteiger partial charge on any atom is -0.480 e. The number of aliphatic hydroxyl groups is 1. The van der Waals surface area contributed by atoms with Gasteiger partial charge in [-0.05, 0) is 6.92 Å². The second-order valence-corrected chi connectivity index (χ2v) is 3.35. The first kappa shape index (κ1) is 14.2. The maximum Gasteiger partial charge on any atom is 0.328 e. The number of urea groups is 1. The number of nitriles is 1. The van der Waals surface area contributed by atoms with Crippen LogP contribution >= 0.6 is 0 Å². The monoisotopic (exact) mass is 229 g/mol. The molecule has 0 spiro atoms. The summed E-state index contributed by atoms with van der Waals surface area (Å²) in [5.41, 5.74) is 0. The minimum absolute atomic E-state index is 0.154. The van der Waals surface area contributed by atoms with Gasteiger partial charge in [0.25, 0.3) is 0 Å². The highest BCUT2D eigenvalue weighted by molar-refractivity contribution is 5.82. The number of aliphatic hydroxyl groups excluding tert-OH is 1. The highest BCUT2D eigenvalue weighted by Crippen LogP contribution is 2.00.